The summed E-state index contributed by atoms with van der Waals surface area (Å²) in [6.07, 6.45) is 7.31. The summed E-state index contributed by atoms with van der Waals surface area (Å²) >= 11 is 0. The van der Waals surface area contributed by atoms with E-state index in [0.29, 0.717) is 6.42 Å². The number of cyclic esters (lactones) is 1. The standard InChI is InChI=1S/C15H24O4/c1-4-5-6-7-8-9-10-12-13(15(17)18-3)11(2)14(16)19-12/h12-13H,2,4-10H2,1,3H3/t12-,13+/m0/s1. The lowest BCUT2D eigenvalue weighted by atomic mass is 9.93. The molecule has 0 saturated carbocycles. The van der Waals surface area contributed by atoms with Crippen molar-refractivity contribution >= 4 is 11.9 Å². The molecular weight excluding hydrogens is 244 g/mol. The van der Waals surface area contributed by atoms with E-state index in [1.807, 2.05) is 0 Å². The lowest BCUT2D eigenvalue weighted by Crippen LogP contribution is -2.26. The molecule has 4 nitrogen and oxygen atoms in total. The molecule has 1 fully saturated rings. The van der Waals surface area contributed by atoms with E-state index < -0.39 is 24.0 Å². The summed E-state index contributed by atoms with van der Waals surface area (Å²) in [4.78, 5) is 23.1. The summed E-state index contributed by atoms with van der Waals surface area (Å²) in [6.45, 7) is 5.81. The summed E-state index contributed by atoms with van der Waals surface area (Å²) in [6, 6.07) is 0. The predicted octanol–water partition coefficient (Wildman–Crippen LogP) is 3.01. The van der Waals surface area contributed by atoms with Gasteiger partial charge in [-0.25, -0.2) is 4.79 Å². The second-order valence-corrected chi connectivity index (χ2v) is 5.03. The van der Waals surface area contributed by atoms with Gasteiger partial charge in [0.25, 0.3) is 0 Å². The van der Waals surface area contributed by atoms with E-state index in [4.69, 9.17) is 9.47 Å². The first-order valence-electron chi connectivity index (χ1n) is 7.09. The molecular formula is C15H24O4. The first-order chi connectivity index (χ1) is 9.11. The van der Waals surface area contributed by atoms with E-state index in [2.05, 4.69) is 13.5 Å². The Morgan fingerprint density at radius 3 is 2.53 bits per heavy atom. The molecule has 19 heavy (non-hydrogen) atoms. The molecule has 0 spiro atoms. The van der Waals surface area contributed by atoms with Gasteiger partial charge in [0.1, 0.15) is 12.0 Å². The normalized spacial score (nSPS) is 22.4. The van der Waals surface area contributed by atoms with Gasteiger partial charge in [0, 0.05) is 5.57 Å². The average Bonchev–Trinajstić information content (AvgIpc) is 2.68. The first-order valence-corrected chi connectivity index (χ1v) is 7.09. The maximum absolute atomic E-state index is 11.6. The summed E-state index contributed by atoms with van der Waals surface area (Å²) in [7, 11) is 1.32. The molecule has 1 aliphatic rings. The third-order valence-electron chi connectivity index (χ3n) is 3.57. The van der Waals surface area contributed by atoms with Gasteiger partial charge in [-0.3, -0.25) is 4.79 Å². The SMILES string of the molecule is C=C1C(=O)O[C@@H](CCCCCCCC)[C@@H]1C(=O)OC. The molecule has 2 atom stereocenters. The molecule has 1 heterocycles. The Hall–Kier alpha value is -1.32. The largest absolute Gasteiger partial charge is 0.468 e. The smallest absolute Gasteiger partial charge is 0.334 e. The molecule has 1 aliphatic heterocycles. The molecule has 108 valence electrons. The minimum atomic E-state index is -0.617. The summed E-state index contributed by atoms with van der Waals surface area (Å²) < 4.78 is 9.91. The number of esters is 2. The minimum Gasteiger partial charge on any atom is -0.468 e. The van der Waals surface area contributed by atoms with Crippen molar-refractivity contribution in [2.45, 2.75) is 58.0 Å². The van der Waals surface area contributed by atoms with E-state index >= 15 is 0 Å². The Kier molecular flexibility index (Phi) is 6.60. The fourth-order valence-corrected chi connectivity index (χ4v) is 2.41. The van der Waals surface area contributed by atoms with E-state index in [-0.39, 0.29) is 5.57 Å². The molecule has 0 aromatic heterocycles. The zero-order valence-corrected chi connectivity index (χ0v) is 11.9. The van der Waals surface area contributed by atoms with Gasteiger partial charge < -0.3 is 9.47 Å². The number of ether oxygens (including phenoxy) is 2. The van der Waals surface area contributed by atoms with Gasteiger partial charge in [0.05, 0.1) is 7.11 Å². The monoisotopic (exact) mass is 268 g/mol. The molecule has 0 N–H and O–H groups in total. The van der Waals surface area contributed by atoms with Crippen LogP contribution in [-0.2, 0) is 19.1 Å². The van der Waals surface area contributed by atoms with Crippen molar-refractivity contribution in [1.82, 2.24) is 0 Å². The van der Waals surface area contributed by atoms with E-state index in [0.717, 1.165) is 12.8 Å². The highest BCUT2D eigenvalue weighted by molar-refractivity contribution is 5.98. The number of carbonyl (C=O) groups is 2. The highest BCUT2D eigenvalue weighted by Gasteiger charge is 2.43. The average molecular weight is 268 g/mol. The van der Waals surface area contributed by atoms with Gasteiger partial charge >= 0.3 is 11.9 Å². The van der Waals surface area contributed by atoms with Crippen LogP contribution in [0.5, 0.6) is 0 Å². The molecule has 0 amide bonds. The number of unbranched alkanes of at least 4 members (excludes halogenated alkanes) is 5. The topological polar surface area (TPSA) is 52.6 Å². The fraction of sp³-hybridized carbons (Fsp3) is 0.733. The molecule has 0 aromatic rings. The van der Waals surface area contributed by atoms with Crippen LogP contribution in [0, 0.1) is 5.92 Å². The van der Waals surface area contributed by atoms with Crippen molar-refractivity contribution in [3.05, 3.63) is 12.2 Å². The number of methoxy groups -OCH3 is 1. The molecule has 0 bridgehead atoms. The second kappa shape index (κ2) is 7.97. The van der Waals surface area contributed by atoms with Crippen LogP contribution in [0.4, 0.5) is 0 Å². The zero-order valence-electron chi connectivity index (χ0n) is 11.9. The van der Waals surface area contributed by atoms with Gasteiger partial charge in [-0.2, -0.15) is 0 Å². The third kappa shape index (κ3) is 4.37. The first kappa shape index (κ1) is 15.7. The van der Waals surface area contributed by atoms with Gasteiger partial charge in [-0.15, -0.1) is 0 Å². The highest BCUT2D eigenvalue weighted by atomic mass is 16.6. The molecule has 1 rings (SSSR count). The molecule has 0 radical (unpaired) electrons. The van der Waals surface area contributed by atoms with Crippen molar-refractivity contribution in [2.24, 2.45) is 5.92 Å². The van der Waals surface area contributed by atoms with Crippen LogP contribution in [0.3, 0.4) is 0 Å². The number of carbonyl (C=O) groups excluding carboxylic acids is 2. The lowest BCUT2D eigenvalue weighted by molar-refractivity contribution is -0.147. The molecule has 4 heteroatoms. The van der Waals surface area contributed by atoms with Crippen molar-refractivity contribution in [1.29, 1.82) is 0 Å². The third-order valence-corrected chi connectivity index (χ3v) is 3.57. The van der Waals surface area contributed by atoms with Crippen LogP contribution in [0.15, 0.2) is 12.2 Å². The van der Waals surface area contributed by atoms with E-state index in [1.54, 1.807) is 0 Å². The quantitative estimate of drug-likeness (QED) is 0.386. The second-order valence-electron chi connectivity index (χ2n) is 5.03. The van der Waals surface area contributed by atoms with Gasteiger partial charge in [-0.1, -0.05) is 45.6 Å². The van der Waals surface area contributed by atoms with Crippen LogP contribution in [-0.4, -0.2) is 25.2 Å². The Balaban J connectivity index is 2.37. The number of hydrogen-bond acceptors (Lipinski definition) is 4. The van der Waals surface area contributed by atoms with Crippen LogP contribution >= 0.6 is 0 Å². The minimum absolute atomic E-state index is 0.225. The zero-order chi connectivity index (χ0) is 14.3. The maximum Gasteiger partial charge on any atom is 0.334 e. The highest BCUT2D eigenvalue weighted by Crippen LogP contribution is 2.31. The Bertz CT molecular complexity index is 335. The molecule has 0 aromatic carbocycles. The van der Waals surface area contributed by atoms with Crippen molar-refractivity contribution in [3.8, 4) is 0 Å². The Morgan fingerprint density at radius 1 is 1.26 bits per heavy atom. The summed E-state index contributed by atoms with van der Waals surface area (Å²) in [5, 5.41) is 0. The van der Waals surface area contributed by atoms with E-state index in [1.165, 1.54) is 32.8 Å². The van der Waals surface area contributed by atoms with Crippen molar-refractivity contribution in [2.75, 3.05) is 7.11 Å². The number of hydrogen-bond donors (Lipinski definition) is 0. The number of rotatable bonds is 8. The lowest BCUT2D eigenvalue weighted by Gasteiger charge is -2.15. The summed E-state index contributed by atoms with van der Waals surface area (Å²) in [5.74, 6) is -1.51. The van der Waals surface area contributed by atoms with E-state index in [9.17, 15) is 9.59 Å². The predicted molar refractivity (Wildman–Crippen MR) is 72.5 cm³/mol. The molecule has 0 unspecified atom stereocenters. The van der Waals surface area contributed by atoms with Gasteiger partial charge in [-0.05, 0) is 12.8 Å². The Labute approximate surface area is 115 Å². The maximum atomic E-state index is 11.6. The van der Waals surface area contributed by atoms with Gasteiger partial charge in [0.15, 0.2) is 0 Å². The molecule has 0 aliphatic carbocycles. The van der Waals surface area contributed by atoms with Crippen LogP contribution in [0.1, 0.15) is 51.9 Å². The van der Waals surface area contributed by atoms with Crippen LogP contribution in [0.25, 0.3) is 0 Å². The van der Waals surface area contributed by atoms with Gasteiger partial charge in [0.2, 0.25) is 0 Å². The fourth-order valence-electron chi connectivity index (χ4n) is 2.41. The summed E-state index contributed by atoms with van der Waals surface area (Å²) in [5.41, 5.74) is 0.225. The van der Waals surface area contributed by atoms with Crippen LogP contribution < -0.4 is 0 Å². The van der Waals surface area contributed by atoms with Crippen molar-refractivity contribution < 1.29 is 19.1 Å². The molecule has 1 saturated heterocycles. The Morgan fingerprint density at radius 2 is 1.89 bits per heavy atom. The van der Waals surface area contributed by atoms with Crippen molar-refractivity contribution in [3.63, 3.8) is 0 Å². The van der Waals surface area contributed by atoms with Crippen LogP contribution in [0.2, 0.25) is 0 Å².